The lowest BCUT2D eigenvalue weighted by molar-refractivity contribution is -0.154. The second-order valence-corrected chi connectivity index (χ2v) is 10.1. The van der Waals surface area contributed by atoms with Crippen LogP contribution in [0.1, 0.15) is 70.9 Å². The second-order valence-electron chi connectivity index (χ2n) is 10.1. The molecule has 2 heterocycles. The minimum absolute atomic E-state index is 0.0561. The van der Waals surface area contributed by atoms with Crippen LogP contribution in [0.5, 0.6) is 5.75 Å². The van der Waals surface area contributed by atoms with Gasteiger partial charge in [-0.25, -0.2) is 9.48 Å². The molecule has 2 aliphatic rings. The Bertz CT molecular complexity index is 1030. The molecule has 0 spiro atoms. The maximum absolute atomic E-state index is 12.5. The molecular weight excluding hydrogens is 462 g/mol. The quantitative estimate of drug-likeness (QED) is 0.495. The average molecular weight is 500 g/mol. The molecule has 2 atom stereocenters. The van der Waals surface area contributed by atoms with E-state index in [4.69, 9.17) is 14.2 Å². The number of ether oxygens (including phenoxy) is 3. The van der Waals surface area contributed by atoms with E-state index < -0.39 is 0 Å². The maximum atomic E-state index is 12.5. The molecular formula is C26H37N5O5. The highest BCUT2D eigenvalue weighted by atomic mass is 16.6. The van der Waals surface area contributed by atoms with Gasteiger partial charge in [0, 0.05) is 20.1 Å². The first-order valence-corrected chi connectivity index (χ1v) is 12.9. The van der Waals surface area contributed by atoms with E-state index in [1.165, 1.54) is 0 Å². The Labute approximate surface area is 212 Å². The highest BCUT2D eigenvalue weighted by molar-refractivity contribution is 5.72. The summed E-state index contributed by atoms with van der Waals surface area (Å²) in [5, 5.41) is 8.34. The number of pyridine rings is 1. The van der Waals surface area contributed by atoms with E-state index in [0.717, 1.165) is 44.9 Å². The van der Waals surface area contributed by atoms with Crippen molar-refractivity contribution in [2.45, 2.75) is 90.1 Å². The standard InChI is InChI=1S/C26H37N5O5/c1-17(2)35-25(32)18-8-7-11-20(14-18)36-21-12-13-22(27-15-21)24-23(31(4)29-28-24)16-34-26(33)30(3)19-9-5-6-10-19/h12-13,15,17-20H,5-11,14,16H2,1-4H3/t18-,20-/m0/s1. The Hall–Kier alpha value is -3.17. The molecule has 0 unspecified atom stereocenters. The molecule has 0 aromatic carbocycles. The fraction of sp³-hybridized carbons (Fsp3) is 0.654. The Morgan fingerprint density at radius 2 is 1.92 bits per heavy atom. The minimum Gasteiger partial charge on any atom is -0.489 e. The summed E-state index contributed by atoms with van der Waals surface area (Å²) < 4.78 is 18.7. The first kappa shape index (κ1) is 25.9. The van der Waals surface area contributed by atoms with Gasteiger partial charge in [0.25, 0.3) is 0 Å². The van der Waals surface area contributed by atoms with E-state index in [0.29, 0.717) is 29.3 Å². The zero-order valence-corrected chi connectivity index (χ0v) is 21.7. The zero-order chi connectivity index (χ0) is 25.7. The van der Waals surface area contributed by atoms with E-state index in [9.17, 15) is 9.59 Å². The highest BCUT2D eigenvalue weighted by Gasteiger charge is 2.30. The van der Waals surface area contributed by atoms with Crippen molar-refractivity contribution in [3.05, 3.63) is 24.0 Å². The van der Waals surface area contributed by atoms with Gasteiger partial charge in [-0.15, -0.1) is 5.10 Å². The first-order chi connectivity index (χ1) is 17.3. The third kappa shape index (κ3) is 6.33. The van der Waals surface area contributed by atoms with Crippen LogP contribution in [0.25, 0.3) is 11.4 Å². The van der Waals surface area contributed by atoms with Gasteiger partial charge >= 0.3 is 12.1 Å². The van der Waals surface area contributed by atoms with Gasteiger partial charge < -0.3 is 19.1 Å². The smallest absolute Gasteiger partial charge is 0.410 e. The normalized spacial score (nSPS) is 20.4. The van der Waals surface area contributed by atoms with Crippen molar-refractivity contribution in [2.75, 3.05) is 7.05 Å². The van der Waals surface area contributed by atoms with Gasteiger partial charge in [-0.2, -0.15) is 0 Å². The Balaban J connectivity index is 1.35. The average Bonchev–Trinajstić information content (AvgIpc) is 3.52. The summed E-state index contributed by atoms with van der Waals surface area (Å²) in [6, 6.07) is 3.91. The summed E-state index contributed by atoms with van der Waals surface area (Å²) in [6.45, 7) is 3.79. The van der Waals surface area contributed by atoms with Crippen LogP contribution in [-0.4, -0.2) is 62.2 Å². The number of esters is 1. The molecule has 2 saturated carbocycles. The number of carbonyl (C=O) groups excluding carboxylic acids is 2. The van der Waals surface area contributed by atoms with Crippen molar-refractivity contribution in [2.24, 2.45) is 13.0 Å². The number of nitrogens with zero attached hydrogens (tertiary/aromatic N) is 5. The first-order valence-electron chi connectivity index (χ1n) is 12.9. The number of amides is 1. The highest BCUT2D eigenvalue weighted by Crippen LogP contribution is 2.30. The van der Waals surface area contributed by atoms with Crippen molar-refractivity contribution < 1.29 is 23.8 Å². The van der Waals surface area contributed by atoms with E-state index in [-0.39, 0.29) is 42.8 Å². The molecule has 4 rings (SSSR count). The molecule has 0 bridgehead atoms. The predicted octanol–water partition coefficient (Wildman–Crippen LogP) is 4.28. The molecule has 2 aromatic heterocycles. The van der Waals surface area contributed by atoms with Crippen molar-refractivity contribution in [3.8, 4) is 17.1 Å². The van der Waals surface area contributed by atoms with Crippen LogP contribution in [-0.2, 0) is 27.9 Å². The molecule has 2 fully saturated rings. The lowest BCUT2D eigenvalue weighted by Crippen LogP contribution is -2.35. The Morgan fingerprint density at radius 3 is 2.61 bits per heavy atom. The number of hydrogen-bond donors (Lipinski definition) is 0. The number of aryl methyl sites for hydroxylation is 1. The molecule has 10 nitrogen and oxygen atoms in total. The van der Waals surface area contributed by atoms with Gasteiger partial charge in [-0.05, 0) is 64.5 Å². The molecule has 10 heteroatoms. The predicted molar refractivity (Wildman–Crippen MR) is 132 cm³/mol. The number of carbonyl (C=O) groups is 2. The van der Waals surface area contributed by atoms with Gasteiger partial charge in [0.2, 0.25) is 0 Å². The van der Waals surface area contributed by atoms with E-state index in [1.807, 2.05) is 26.0 Å². The summed E-state index contributed by atoms with van der Waals surface area (Å²) in [4.78, 5) is 31.0. The molecule has 0 radical (unpaired) electrons. The topological polar surface area (TPSA) is 109 Å². The number of rotatable bonds is 8. The van der Waals surface area contributed by atoms with Crippen molar-refractivity contribution in [1.82, 2.24) is 24.9 Å². The molecule has 2 aromatic rings. The van der Waals surface area contributed by atoms with Crippen LogP contribution in [0.3, 0.4) is 0 Å². The summed E-state index contributed by atoms with van der Waals surface area (Å²) >= 11 is 0. The van der Waals surface area contributed by atoms with Gasteiger partial charge in [0.05, 0.1) is 30.0 Å². The van der Waals surface area contributed by atoms with E-state index >= 15 is 0 Å². The monoisotopic (exact) mass is 499 g/mol. The van der Waals surface area contributed by atoms with Gasteiger partial charge in [-0.1, -0.05) is 18.1 Å². The summed E-state index contributed by atoms with van der Waals surface area (Å²) in [5.74, 6) is 0.365. The third-order valence-electron chi connectivity index (χ3n) is 7.03. The van der Waals surface area contributed by atoms with Crippen LogP contribution in [0, 0.1) is 5.92 Å². The minimum atomic E-state index is -0.339. The van der Waals surface area contributed by atoms with E-state index in [2.05, 4.69) is 15.3 Å². The van der Waals surface area contributed by atoms with Crippen LogP contribution in [0.2, 0.25) is 0 Å². The van der Waals surface area contributed by atoms with Crippen molar-refractivity contribution >= 4 is 12.1 Å². The zero-order valence-electron chi connectivity index (χ0n) is 21.7. The van der Waals surface area contributed by atoms with Gasteiger partial charge in [-0.3, -0.25) is 9.78 Å². The lowest BCUT2D eigenvalue weighted by Gasteiger charge is -2.28. The molecule has 2 aliphatic carbocycles. The van der Waals surface area contributed by atoms with E-state index in [1.54, 1.807) is 29.9 Å². The summed E-state index contributed by atoms with van der Waals surface area (Å²) in [5.41, 5.74) is 1.85. The summed E-state index contributed by atoms with van der Waals surface area (Å²) in [7, 11) is 3.56. The Kier molecular flexibility index (Phi) is 8.43. The maximum Gasteiger partial charge on any atom is 0.410 e. The molecule has 196 valence electrons. The molecule has 1 amide bonds. The fourth-order valence-corrected chi connectivity index (χ4v) is 4.99. The van der Waals surface area contributed by atoms with Gasteiger partial charge in [0.15, 0.2) is 0 Å². The number of hydrogen-bond acceptors (Lipinski definition) is 8. The molecule has 0 aliphatic heterocycles. The largest absolute Gasteiger partial charge is 0.489 e. The molecule has 0 N–H and O–H groups in total. The van der Waals surface area contributed by atoms with Crippen LogP contribution in [0.15, 0.2) is 18.3 Å². The SMILES string of the molecule is CC(C)OC(=O)[C@H]1CCC[C@H](Oc2ccc(-c3nnn(C)c3COC(=O)N(C)C3CCCC3)nc2)C1. The van der Waals surface area contributed by atoms with Gasteiger partial charge in [0.1, 0.15) is 23.7 Å². The lowest BCUT2D eigenvalue weighted by atomic mass is 9.87. The fourth-order valence-electron chi connectivity index (χ4n) is 4.99. The summed E-state index contributed by atoms with van der Waals surface area (Å²) in [6.07, 6.45) is 8.77. The Morgan fingerprint density at radius 1 is 1.14 bits per heavy atom. The van der Waals surface area contributed by atoms with Crippen molar-refractivity contribution in [1.29, 1.82) is 0 Å². The van der Waals surface area contributed by atoms with Crippen molar-refractivity contribution in [3.63, 3.8) is 0 Å². The molecule has 36 heavy (non-hydrogen) atoms. The van der Waals surface area contributed by atoms with Crippen LogP contribution >= 0.6 is 0 Å². The van der Waals surface area contributed by atoms with Crippen LogP contribution < -0.4 is 4.74 Å². The number of aromatic nitrogens is 4. The van der Waals surface area contributed by atoms with Crippen LogP contribution in [0.4, 0.5) is 4.79 Å². The third-order valence-corrected chi connectivity index (χ3v) is 7.03. The molecule has 0 saturated heterocycles. The second kappa shape index (κ2) is 11.7.